The van der Waals surface area contributed by atoms with Crippen LogP contribution in [-0.4, -0.2) is 46.8 Å². The summed E-state index contributed by atoms with van der Waals surface area (Å²) in [6, 6.07) is 8.99. The number of halogens is 1. The molecule has 1 aromatic carbocycles. The van der Waals surface area contributed by atoms with Crippen molar-refractivity contribution < 1.29 is 9.53 Å². The van der Waals surface area contributed by atoms with Crippen LogP contribution in [0.5, 0.6) is 0 Å². The monoisotopic (exact) mass is 445 g/mol. The summed E-state index contributed by atoms with van der Waals surface area (Å²) in [7, 11) is 0. The first-order valence-electron chi connectivity index (χ1n) is 11.7. The van der Waals surface area contributed by atoms with Crippen molar-refractivity contribution in [3.8, 4) is 0 Å². The van der Waals surface area contributed by atoms with E-state index >= 15 is 0 Å². The van der Waals surface area contributed by atoms with Gasteiger partial charge in [0, 0.05) is 24.2 Å². The Bertz CT molecular complexity index is 822. The maximum Gasteiger partial charge on any atom is 0.410 e. The Labute approximate surface area is 191 Å². The summed E-state index contributed by atoms with van der Waals surface area (Å²) < 4.78 is 5.63. The first kappa shape index (κ1) is 22.5. The number of hydrazine groups is 1. The van der Waals surface area contributed by atoms with Crippen LogP contribution < -0.4 is 5.43 Å². The fourth-order valence-electron chi connectivity index (χ4n) is 5.04. The highest BCUT2D eigenvalue weighted by molar-refractivity contribution is 6.30. The van der Waals surface area contributed by atoms with Gasteiger partial charge in [-0.1, -0.05) is 30.7 Å². The normalized spacial score (nSPS) is 27.2. The average Bonchev–Trinajstić information content (AvgIpc) is 2.93. The van der Waals surface area contributed by atoms with Gasteiger partial charge in [-0.15, -0.1) is 0 Å². The Morgan fingerprint density at radius 2 is 1.74 bits per heavy atom. The quantitative estimate of drug-likeness (QED) is 0.620. The van der Waals surface area contributed by atoms with Crippen LogP contribution >= 0.6 is 11.6 Å². The van der Waals surface area contributed by atoms with Crippen LogP contribution in [0.2, 0.25) is 5.02 Å². The zero-order valence-corrected chi connectivity index (χ0v) is 20.0. The van der Waals surface area contributed by atoms with Crippen LogP contribution in [0.1, 0.15) is 71.8 Å². The Kier molecular flexibility index (Phi) is 6.55. The largest absolute Gasteiger partial charge is 0.444 e. The number of rotatable bonds is 2. The molecule has 0 radical (unpaired) electrons. The van der Waals surface area contributed by atoms with Crippen LogP contribution in [0.3, 0.4) is 0 Å². The molecule has 170 valence electrons. The molecule has 5 nitrogen and oxygen atoms in total. The molecule has 1 saturated carbocycles. The van der Waals surface area contributed by atoms with E-state index in [4.69, 9.17) is 16.3 Å². The van der Waals surface area contributed by atoms with E-state index in [2.05, 4.69) is 29.5 Å². The van der Waals surface area contributed by atoms with Gasteiger partial charge in [-0.3, -0.25) is 0 Å². The number of likely N-dealkylation sites (tertiary alicyclic amines) is 1. The molecule has 2 aliphatic heterocycles. The summed E-state index contributed by atoms with van der Waals surface area (Å²) in [6.07, 6.45) is 6.54. The minimum Gasteiger partial charge on any atom is -0.444 e. The summed E-state index contributed by atoms with van der Waals surface area (Å²) in [4.78, 5) is 14.5. The van der Waals surface area contributed by atoms with Crippen molar-refractivity contribution in [1.29, 1.82) is 0 Å². The molecular formula is C25H36ClN3O2. The number of hydrogen-bond donors (Lipinski definition) is 1. The van der Waals surface area contributed by atoms with Crippen LogP contribution in [0.15, 0.2) is 29.8 Å². The summed E-state index contributed by atoms with van der Waals surface area (Å²) in [5, 5.41) is 3.21. The summed E-state index contributed by atoms with van der Waals surface area (Å²) >= 11 is 6.19. The van der Waals surface area contributed by atoms with Gasteiger partial charge in [0.1, 0.15) is 5.60 Å². The number of ether oxygens (including phenoxy) is 1. The second-order valence-corrected chi connectivity index (χ2v) is 10.8. The zero-order valence-electron chi connectivity index (χ0n) is 19.3. The van der Waals surface area contributed by atoms with Crippen molar-refractivity contribution in [3.05, 3.63) is 40.4 Å². The number of amides is 1. The fraction of sp³-hybridized carbons (Fsp3) is 0.640. The maximum atomic E-state index is 12.7. The van der Waals surface area contributed by atoms with E-state index in [0.717, 1.165) is 23.8 Å². The molecule has 0 bridgehead atoms. The van der Waals surface area contributed by atoms with Gasteiger partial charge < -0.3 is 14.6 Å². The lowest BCUT2D eigenvalue weighted by atomic mass is 9.86. The Morgan fingerprint density at radius 1 is 1.06 bits per heavy atom. The lowest BCUT2D eigenvalue weighted by Gasteiger charge is -2.37. The summed E-state index contributed by atoms with van der Waals surface area (Å²) in [5.74, 6) is 0.818. The van der Waals surface area contributed by atoms with Gasteiger partial charge in [0.15, 0.2) is 0 Å². The Hall–Kier alpha value is -1.72. The first-order valence-corrected chi connectivity index (χ1v) is 12.1. The molecule has 2 heterocycles. The lowest BCUT2D eigenvalue weighted by molar-refractivity contribution is 0.0254. The molecule has 1 amide bonds. The van der Waals surface area contributed by atoms with Gasteiger partial charge in [-0.25, -0.2) is 10.2 Å². The van der Waals surface area contributed by atoms with E-state index in [0.29, 0.717) is 19.1 Å². The second-order valence-electron chi connectivity index (χ2n) is 10.4. The molecular weight excluding hydrogens is 410 g/mol. The molecule has 4 rings (SSSR count). The predicted molar refractivity (Wildman–Crippen MR) is 126 cm³/mol. The number of nitrogens with one attached hydrogen (secondary N) is 1. The van der Waals surface area contributed by atoms with Gasteiger partial charge in [0.05, 0.1) is 11.7 Å². The van der Waals surface area contributed by atoms with E-state index < -0.39 is 5.60 Å². The lowest BCUT2D eigenvalue weighted by Crippen LogP contribution is -2.46. The molecule has 2 fully saturated rings. The fourth-order valence-corrected chi connectivity index (χ4v) is 5.17. The van der Waals surface area contributed by atoms with E-state index in [1.165, 1.54) is 42.5 Å². The second kappa shape index (κ2) is 9.03. The number of carbonyl (C=O) groups is 1. The Balaban J connectivity index is 1.60. The van der Waals surface area contributed by atoms with Gasteiger partial charge in [0.2, 0.25) is 0 Å². The smallest absolute Gasteiger partial charge is 0.410 e. The zero-order chi connectivity index (χ0) is 22.2. The van der Waals surface area contributed by atoms with Crippen molar-refractivity contribution >= 4 is 23.4 Å². The number of carbonyl (C=O) groups excluding carboxylic acids is 1. The molecule has 1 N–H and O–H groups in total. The van der Waals surface area contributed by atoms with Gasteiger partial charge in [-0.2, -0.15) is 0 Å². The van der Waals surface area contributed by atoms with Crippen LogP contribution in [0.25, 0.3) is 5.70 Å². The van der Waals surface area contributed by atoms with E-state index in [-0.39, 0.29) is 12.1 Å². The molecule has 1 aromatic rings. The SMILES string of the molecule is CC1CCC(N2NC3CCN(C(=O)OC(C)(C)C)CCC3=C2c2ccc(Cl)cc2)CC1. The number of fused-ring (bicyclic) bond motifs is 1. The molecule has 6 heteroatoms. The third-order valence-corrected chi connectivity index (χ3v) is 6.97. The van der Waals surface area contributed by atoms with Crippen molar-refractivity contribution in [1.82, 2.24) is 15.3 Å². The highest BCUT2D eigenvalue weighted by Crippen LogP contribution is 2.39. The number of hydrogen-bond acceptors (Lipinski definition) is 4. The molecule has 1 saturated heterocycles. The van der Waals surface area contributed by atoms with Crippen LogP contribution in [-0.2, 0) is 4.74 Å². The third kappa shape index (κ3) is 5.20. The molecule has 0 aromatic heterocycles. The highest BCUT2D eigenvalue weighted by atomic mass is 35.5. The molecule has 1 atom stereocenters. The predicted octanol–water partition coefficient (Wildman–Crippen LogP) is 5.85. The third-order valence-electron chi connectivity index (χ3n) is 6.72. The maximum absolute atomic E-state index is 12.7. The van der Waals surface area contributed by atoms with Crippen molar-refractivity contribution in [2.45, 2.75) is 83.9 Å². The topological polar surface area (TPSA) is 44.8 Å². The van der Waals surface area contributed by atoms with Crippen LogP contribution in [0, 0.1) is 5.92 Å². The van der Waals surface area contributed by atoms with Crippen LogP contribution in [0.4, 0.5) is 4.79 Å². The number of nitrogens with zero attached hydrogens (tertiary/aromatic N) is 2. The molecule has 3 aliphatic rings. The molecule has 31 heavy (non-hydrogen) atoms. The Morgan fingerprint density at radius 3 is 2.39 bits per heavy atom. The van der Waals surface area contributed by atoms with E-state index in [1.807, 2.05) is 37.8 Å². The molecule has 0 spiro atoms. The highest BCUT2D eigenvalue weighted by Gasteiger charge is 2.38. The van der Waals surface area contributed by atoms with E-state index in [1.54, 1.807) is 0 Å². The minimum absolute atomic E-state index is 0.209. The number of benzene rings is 1. The van der Waals surface area contributed by atoms with Crippen molar-refractivity contribution in [2.24, 2.45) is 5.92 Å². The van der Waals surface area contributed by atoms with Crippen molar-refractivity contribution in [3.63, 3.8) is 0 Å². The average molecular weight is 446 g/mol. The molecule has 1 unspecified atom stereocenters. The van der Waals surface area contributed by atoms with Gasteiger partial charge in [0.25, 0.3) is 0 Å². The summed E-state index contributed by atoms with van der Waals surface area (Å²) in [6.45, 7) is 9.52. The van der Waals surface area contributed by atoms with Gasteiger partial charge >= 0.3 is 6.09 Å². The van der Waals surface area contributed by atoms with Gasteiger partial charge in [-0.05, 0) is 88.5 Å². The molecule has 1 aliphatic carbocycles. The standard InChI is InChI=1S/C25H36ClN3O2/c1-17-5-11-20(12-6-17)29-23(18-7-9-19(26)10-8-18)21-13-15-28(16-14-22(21)27-29)24(30)31-25(2,3)4/h7-10,17,20,22,27H,5-6,11-16H2,1-4H3. The summed E-state index contributed by atoms with van der Waals surface area (Å²) in [5.41, 5.74) is 7.28. The minimum atomic E-state index is -0.472. The first-order chi connectivity index (χ1) is 14.7. The van der Waals surface area contributed by atoms with E-state index in [9.17, 15) is 4.79 Å². The van der Waals surface area contributed by atoms with Crippen molar-refractivity contribution in [2.75, 3.05) is 13.1 Å².